The molecule has 1 aromatic rings. The van der Waals surface area contributed by atoms with Crippen molar-refractivity contribution < 1.29 is 4.74 Å². The Morgan fingerprint density at radius 2 is 2.12 bits per heavy atom. The molecule has 0 aliphatic rings. The second kappa shape index (κ2) is 7.72. The van der Waals surface area contributed by atoms with Gasteiger partial charge in [0, 0.05) is 11.0 Å². The highest BCUT2D eigenvalue weighted by molar-refractivity contribution is 9.10. The second-order valence-electron chi connectivity index (χ2n) is 4.27. The van der Waals surface area contributed by atoms with Gasteiger partial charge < -0.3 is 10.1 Å². The van der Waals surface area contributed by atoms with Gasteiger partial charge in [-0.25, -0.2) is 0 Å². The number of rotatable bonds is 7. The summed E-state index contributed by atoms with van der Waals surface area (Å²) in [4.78, 5) is 0. The lowest BCUT2D eigenvalue weighted by Gasteiger charge is -2.14. The summed E-state index contributed by atoms with van der Waals surface area (Å²) < 4.78 is 6.95. The van der Waals surface area contributed by atoms with Crippen LogP contribution in [-0.2, 0) is 6.54 Å². The molecule has 1 aromatic carbocycles. The zero-order valence-corrected chi connectivity index (χ0v) is 12.5. The average molecular weight is 300 g/mol. The zero-order valence-electron chi connectivity index (χ0n) is 10.9. The maximum atomic E-state index is 5.82. The Hall–Kier alpha value is -0.540. The van der Waals surface area contributed by atoms with Crippen molar-refractivity contribution in [3.63, 3.8) is 0 Å². The van der Waals surface area contributed by atoms with E-state index >= 15 is 0 Å². The van der Waals surface area contributed by atoms with E-state index in [1.807, 2.05) is 6.07 Å². The lowest BCUT2D eigenvalue weighted by atomic mass is 10.2. The average Bonchev–Trinajstić information content (AvgIpc) is 2.33. The predicted octanol–water partition coefficient (Wildman–Crippen LogP) is 4.13. The number of hydrogen-bond acceptors (Lipinski definition) is 2. The van der Waals surface area contributed by atoms with E-state index in [2.05, 4.69) is 54.2 Å². The van der Waals surface area contributed by atoms with Crippen LogP contribution in [0.4, 0.5) is 0 Å². The fourth-order valence-corrected chi connectivity index (χ4v) is 1.86. The minimum absolute atomic E-state index is 0.271. The van der Waals surface area contributed by atoms with Crippen LogP contribution in [0.3, 0.4) is 0 Å². The van der Waals surface area contributed by atoms with E-state index in [0.717, 1.165) is 36.2 Å². The summed E-state index contributed by atoms with van der Waals surface area (Å²) in [5.74, 6) is 0.954. The van der Waals surface area contributed by atoms with Crippen LogP contribution in [0, 0.1) is 0 Å². The molecule has 0 heterocycles. The zero-order chi connectivity index (χ0) is 12.7. The maximum Gasteiger partial charge on any atom is 0.120 e. The fraction of sp³-hybridized carbons (Fsp3) is 0.571. The predicted molar refractivity (Wildman–Crippen MR) is 76.5 cm³/mol. The van der Waals surface area contributed by atoms with Gasteiger partial charge in [-0.1, -0.05) is 29.8 Å². The minimum Gasteiger partial charge on any atom is -0.491 e. The molecule has 0 saturated carbocycles. The third kappa shape index (κ3) is 5.09. The summed E-state index contributed by atoms with van der Waals surface area (Å²) in [6.45, 7) is 8.32. The van der Waals surface area contributed by atoms with Crippen LogP contribution in [-0.4, -0.2) is 12.6 Å². The molecule has 96 valence electrons. The molecular formula is C14H22BrNO. The van der Waals surface area contributed by atoms with Gasteiger partial charge in [0.15, 0.2) is 0 Å². The van der Waals surface area contributed by atoms with E-state index in [9.17, 15) is 0 Å². The van der Waals surface area contributed by atoms with Crippen molar-refractivity contribution in [2.24, 2.45) is 0 Å². The Labute approximate surface area is 113 Å². The first kappa shape index (κ1) is 14.5. The molecule has 0 bridgehead atoms. The third-order valence-electron chi connectivity index (χ3n) is 2.67. The molecule has 0 fully saturated rings. The summed E-state index contributed by atoms with van der Waals surface area (Å²) in [5, 5.41) is 3.40. The lowest BCUT2D eigenvalue weighted by molar-refractivity contribution is 0.217. The van der Waals surface area contributed by atoms with Crippen molar-refractivity contribution >= 4 is 15.9 Å². The smallest absolute Gasteiger partial charge is 0.120 e. The van der Waals surface area contributed by atoms with Crippen LogP contribution in [0.1, 0.15) is 39.2 Å². The van der Waals surface area contributed by atoms with E-state index in [1.165, 1.54) is 5.56 Å². The SMILES string of the molecule is CCCNCc1cc(OC(C)CC)ccc1Br. The summed E-state index contributed by atoms with van der Waals surface area (Å²) >= 11 is 3.57. The molecule has 0 saturated heterocycles. The van der Waals surface area contributed by atoms with Crippen molar-refractivity contribution in [3.8, 4) is 5.75 Å². The Morgan fingerprint density at radius 1 is 1.35 bits per heavy atom. The summed E-state index contributed by atoms with van der Waals surface area (Å²) in [6.07, 6.45) is 2.45. The molecule has 1 unspecified atom stereocenters. The summed E-state index contributed by atoms with van der Waals surface area (Å²) in [7, 11) is 0. The quantitative estimate of drug-likeness (QED) is 0.765. The van der Waals surface area contributed by atoms with E-state index in [0.29, 0.717) is 0 Å². The van der Waals surface area contributed by atoms with Crippen molar-refractivity contribution in [3.05, 3.63) is 28.2 Å². The molecule has 17 heavy (non-hydrogen) atoms. The van der Waals surface area contributed by atoms with Crippen molar-refractivity contribution in [1.29, 1.82) is 0 Å². The third-order valence-corrected chi connectivity index (χ3v) is 3.45. The fourth-order valence-electron chi connectivity index (χ4n) is 1.48. The van der Waals surface area contributed by atoms with Crippen LogP contribution in [0.15, 0.2) is 22.7 Å². The van der Waals surface area contributed by atoms with E-state index in [1.54, 1.807) is 0 Å². The Kier molecular flexibility index (Phi) is 6.60. The molecule has 0 aromatic heterocycles. The van der Waals surface area contributed by atoms with Crippen LogP contribution in [0.25, 0.3) is 0 Å². The van der Waals surface area contributed by atoms with Gasteiger partial charge in [0.2, 0.25) is 0 Å². The van der Waals surface area contributed by atoms with Gasteiger partial charge in [0.25, 0.3) is 0 Å². The number of benzene rings is 1. The Balaban J connectivity index is 2.65. The molecule has 3 heteroatoms. The van der Waals surface area contributed by atoms with Gasteiger partial charge in [0.1, 0.15) is 5.75 Å². The van der Waals surface area contributed by atoms with Crippen LogP contribution >= 0.6 is 15.9 Å². The largest absolute Gasteiger partial charge is 0.491 e. The lowest BCUT2D eigenvalue weighted by Crippen LogP contribution is -2.15. The van der Waals surface area contributed by atoms with E-state index in [-0.39, 0.29) is 6.10 Å². The van der Waals surface area contributed by atoms with Crippen LogP contribution in [0.5, 0.6) is 5.75 Å². The highest BCUT2D eigenvalue weighted by Gasteiger charge is 2.05. The molecular weight excluding hydrogens is 278 g/mol. The van der Waals surface area contributed by atoms with Gasteiger partial charge in [-0.3, -0.25) is 0 Å². The first-order valence-corrected chi connectivity index (χ1v) is 7.12. The molecule has 1 rings (SSSR count). The van der Waals surface area contributed by atoms with Crippen molar-refractivity contribution in [2.45, 2.75) is 46.3 Å². The highest BCUT2D eigenvalue weighted by atomic mass is 79.9. The molecule has 2 nitrogen and oxygen atoms in total. The van der Waals surface area contributed by atoms with Gasteiger partial charge in [-0.2, -0.15) is 0 Å². The minimum atomic E-state index is 0.271. The highest BCUT2D eigenvalue weighted by Crippen LogP contribution is 2.23. The van der Waals surface area contributed by atoms with Crippen LogP contribution < -0.4 is 10.1 Å². The monoisotopic (exact) mass is 299 g/mol. The van der Waals surface area contributed by atoms with Crippen molar-refractivity contribution in [1.82, 2.24) is 5.32 Å². The van der Waals surface area contributed by atoms with Crippen molar-refractivity contribution in [2.75, 3.05) is 6.54 Å². The number of hydrogen-bond donors (Lipinski definition) is 1. The van der Waals surface area contributed by atoms with Crippen LogP contribution in [0.2, 0.25) is 0 Å². The second-order valence-corrected chi connectivity index (χ2v) is 5.12. The number of halogens is 1. The topological polar surface area (TPSA) is 21.3 Å². The summed E-state index contributed by atoms with van der Waals surface area (Å²) in [5.41, 5.74) is 1.25. The number of ether oxygens (including phenoxy) is 1. The van der Waals surface area contributed by atoms with Gasteiger partial charge in [-0.15, -0.1) is 0 Å². The molecule has 1 atom stereocenters. The van der Waals surface area contributed by atoms with E-state index < -0.39 is 0 Å². The van der Waals surface area contributed by atoms with Gasteiger partial charge in [0.05, 0.1) is 6.10 Å². The molecule has 1 N–H and O–H groups in total. The summed E-state index contributed by atoms with van der Waals surface area (Å²) in [6, 6.07) is 6.18. The normalized spacial score (nSPS) is 12.5. The Morgan fingerprint density at radius 3 is 2.76 bits per heavy atom. The first-order chi connectivity index (χ1) is 8.17. The Bertz CT molecular complexity index is 341. The van der Waals surface area contributed by atoms with Gasteiger partial charge >= 0.3 is 0 Å². The first-order valence-electron chi connectivity index (χ1n) is 6.33. The van der Waals surface area contributed by atoms with E-state index in [4.69, 9.17) is 4.74 Å². The molecule has 0 radical (unpaired) electrons. The maximum absolute atomic E-state index is 5.82. The van der Waals surface area contributed by atoms with Gasteiger partial charge in [-0.05, 0) is 50.1 Å². The number of nitrogens with one attached hydrogen (secondary N) is 1. The molecule has 0 aliphatic carbocycles. The molecule has 0 spiro atoms. The standard InChI is InChI=1S/C14H22BrNO/c1-4-8-16-10-12-9-13(6-7-14(12)15)17-11(3)5-2/h6-7,9,11,16H,4-5,8,10H2,1-3H3. The molecule has 0 aliphatic heterocycles. The molecule has 0 amide bonds.